The van der Waals surface area contributed by atoms with Gasteiger partial charge in [0.05, 0.1) is 0 Å². The molecule has 1 heterocycles. The van der Waals surface area contributed by atoms with Crippen LogP contribution in [0.1, 0.15) is 34.7 Å². The zero-order chi connectivity index (χ0) is 14.5. The van der Waals surface area contributed by atoms with Gasteiger partial charge in [0.2, 0.25) is 0 Å². The smallest absolute Gasteiger partial charge is 0.255 e. The van der Waals surface area contributed by atoms with E-state index < -0.39 is 0 Å². The number of hydrogen-bond donors (Lipinski definition) is 2. The van der Waals surface area contributed by atoms with Gasteiger partial charge in [-0.3, -0.25) is 4.79 Å². The lowest BCUT2D eigenvalue weighted by Gasteiger charge is -2.23. The quantitative estimate of drug-likeness (QED) is 0.904. The summed E-state index contributed by atoms with van der Waals surface area (Å²) in [4.78, 5) is 12.1. The molecule has 1 atom stereocenters. The lowest BCUT2D eigenvalue weighted by Crippen LogP contribution is -2.28. The molecular formula is C18H20N2O. The van der Waals surface area contributed by atoms with Crippen molar-refractivity contribution >= 4 is 11.6 Å². The summed E-state index contributed by atoms with van der Waals surface area (Å²) in [6.07, 6.45) is 2.47. The average molecular weight is 280 g/mol. The topological polar surface area (TPSA) is 41.1 Å². The Kier molecular flexibility index (Phi) is 4.31. The molecule has 1 fully saturated rings. The summed E-state index contributed by atoms with van der Waals surface area (Å²) >= 11 is 0. The van der Waals surface area contributed by atoms with Crippen LogP contribution in [0, 0.1) is 0 Å². The Labute approximate surface area is 125 Å². The molecule has 3 nitrogen and oxygen atoms in total. The predicted octanol–water partition coefficient (Wildman–Crippen LogP) is 3.41. The first-order valence-corrected chi connectivity index (χ1v) is 7.50. The summed E-state index contributed by atoms with van der Waals surface area (Å²) in [5.74, 6) is 0.528. The fraction of sp³-hybridized carbons (Fsp3) is 0.278. The third-order valence-corrected chi connectivity index (χ3v) is 3.97. The molecule has 2 aromatic carbocycles. The van der Waals surface area contributed by atoms with Crippen LogP contribution >= 0.6 is 0 Å². The van der Waals surface area contributed by atoms with Gasteiger partial charge in [0.1, 0.15) is 0 Å². The molecule has 0 unspecified atom stereocenters. The Bertz CT molecular complexity index is 586. The van der Waals surface area contributed by atoms with Crippen LogP contribution in [0.15, 0.2) is 54.6 Å². The number of hydrogen-bond acceptors (Lipinski definition) is 2. The van der Waals surface area contributed by atoms with Gasteiger partial charge in [0.15, 0.2) is 0 Å². The summed E-state index contributed by atoms with van der Waals surface area (Å²) in [7, 11) is 0. The van der Waals surface area contributed by atoms with Crippen LogP contribution in [-0.4, -0.2) is 19.0 Å². The van der Waals surface area contributed by atoms with Gasteiger partial charge in [-0.25, -0.2) is 0 Å². The van der Waals surface area contributed by atoms with Crippen LogP contribution in [0.3, 0.4) is 0 Å². The van der Waals surface area contributed by atoms with Gasteiger partial charge in [-0.05, 0) is 55.1 Å². The maximum Gasteiger partial charge on any atom is 0.255 e. The second-order valence-corrected chi connectivity index (χ2v) is 5.49. The third kappa shape index (κ3) is 3.50. The van der Waals surface area contributed by atoms with Crippen molar-refractivity contribution in [3.05, 3.63) is 65.7 Å². The monoisotopic (exact) mass is 280 g/mol. The minimum atomic E-state index is -0.0670. The Hall–Kier alpha value is -2.13. The molecule has 108 valence electrons. The van der Waals surface area contributed by atoms with Crippen molar-refractivity contribution in [2.24, 2.45) is 0 Å². The highest BCUT2D eigenvalue weighted by molar-refractivity contribution is 6.04. The summed E-state index contributed by atoms with van der Waals surface area (Å²) < 4.78 is 0. The van der Waals surface area contributed by atoms with Crippen LogP contribution in [0.25, 0.3) is 0 Å². The van der Waals surface area contributed by atoms with Gasteiger partial charge in [-0.15, -0.1) is 0 Å². The molecule has 0 bridgehead atoms. The van der Waals surface area contributed by atoms with E-state index in [1.807, 2.05) is 42.5 Å². The molecule has 2 N–H and O–H groups in total. The van der Waals surface area contributed by atoms with Gasteiger partial charge >= 0.3 is 0 Å². The molecule has 1 aliphatic heterocycles. The third-order valence-electron chi connectivity index (χ3n) is 3.97. The summed E-state index contributed by atoms with van der Waals surface area (Å²) in [5, 5.41) is 6.37. The van der Waals surface area contributed by atoms with Crippen molar-refractivity contribution in [3.63, 3.8) is 0 Å². The first kappa shape index (κ1) is 13.8. The molecule has 1 amide bonds. The van der Waals surface area contributed by atoms with Crippen molar-refractivity contribution in [2.75, 3.05) is 18.4 Å². The maximum absolute atomic E-state index is 12.1. The molecule has 0 spiro atoms. The number of piperidine rings is 1. The van der Waals surface area contributed by atoms with Crippen LogP contribution in [0.2, 0.25) is 0 Å². The molecule has 3 rings (SSSR count). The van der Waals surface area contributed by atoms with Gasteiger partial charge in [0.25, 0.3) is 5.91 Å². The number of rotatable bonds is 3. The normalized spacial score (nSPS) is 18.2. The van der Waals surface area contributed by atoms with E-state index in [0.29, 0.717) is 11.5 Å². The SMILES string of the molecule is O=C(Nc1ccc([C@@H]2CCCNC2)cc1)c1ccccc1. The number of carbonyl (C=O) groups is 1. The first-order chi connectivity index (χ1) is 10.3. The van der Waals surface area contributed by atoms with Crippen molar-refractivity contribution in [2.45, 2.75) is 18.8 Å². The van der Waals surface area contributed by atoms with Gasteiger partial charge in [-0.1, -0.05) is 30.3 Å². The minimum Gasteiger partial charge on any atom is -0.322 e. The highest BCUT2D eigenvalue weighted by Gasteiger charge is 2.14. The molecule has 0 saturated carbocycles. The molecule has 0 radical (unpaired) electrons. The van der Waals surface area contributed by atoms with Crippen molar-refractivity contribution in [1.29, 1.82) is 0 Å². The molecule has 0 aliphatic carbocycles. The van der Waals surface area contributed by atoms with E-state index in [1.54, 1.807) is 0 Å². The van der Waals surface area contributed by atoms with E-state index in [-0.39, 0.29) is 5.91 Å². The number of benzene rings is 2. The van der Waals surface area contributed by atoms with E-state index in [0.717, 1.165) is 18.8 Å². The lowest BCUT2D eigenvalue weighted by atomic mass is 9.91. The van der Waals surface area contributed by atoms with Crippen LogP contribution in [0.4, 0.5) is 5.69 Å². The van der Waals surface area contributed by atoms with Gasteiger partial charge in [-0.2, -0.15) is 0 Å². The van der Waals surface area contributed by atoms with Crippen LogP contribution in [-0.2, 0) is 0 Å². The average Bonchev–Trinajstić information content (AvgIpc) is 2.57. The molecule has 3 heteroatoms. The largest absolute Gasteiger partial charge is 0.322 e. The highest BCUT2D eigenvalue weighted by Crippen LogP contribution is 2.24. The first-order valence-electron chi connectivity index (χ1n) is 7.50. The number of anilines is 1. The fourth-order valence-corrected chi connectivity index (χ4v) is 2.77. The van der Waals surface area contributed by atoms with Crippen LogP contribution in [0.5, 0.6) is 0 Å². The van der Waals surface area contributed by atoms with Crippen molar-refractivity contribution in [1.82, 2.24) is 5.32 Å². The van der Waals surface area contributed by atoms with E-state index in [2.05, 4.69) is 22.8 Å². The lowest BCUT2D eigenvalue weighted by molar-refractivity contribution is 0.102. The van der Waals surface area contributed by atoms with E-state index in [1.165, 1.54) is 18.4 Å². The standard InChI is InChI=1S/C18H20N2O/c21-18(15-5-2-1-3-6-15)20-17-10-8-14(9-11-17)16-7-4-12-19-13-16/h1-3,5-6,8-11,16,19H,4,7,12-13H2,(H,20,21)/t16-/m1/s1. The maximum atomic E-state index is 12.1. The molecular weight excluding hydrogens is 260 g/mol. The number of nitrogens with one attached hydrogen (secondary N) is 2. The van der Waals surface area contributed by atoms with Gasteiger partial charge < -0.3 is 10.6 Å². The number of amides is 1. The Balaban J connectivity index is 1.65. The zero-order valence-corrected chi connectivity index (χ0v) is 12.0. The predicted molar refractivity (Wildman–Crippen MR) is 85.7 cm³/mol. The molecule has 0 aromatic heterocycles. The van der Waals surface area contributed by atoms with E-state index >= 15 is 0 Å². The van der Waals surface area contributed by atoms with Crippen molar-refractivity contribution < 1.29 is 4.79 Å². The summed E-state index contributed by atoms with van der Waals surface area (Å²) in [6, 6.07) is 17.5. The Morgan fingerprint density at radius 2 is 1.81 bits per heavy atom. The van der Waals surface area contributed by atoms with Gasteiger partial charge in [0, 0.05) is 17.8 Å². The van der Waals surface area contributed by atoms with E-state index in [4.69, 9.17) is 0 Å². The second-order valence-electron chi connectivity index (χ2n) is 5.49. The Morgan fingerprint density at radius 3 is 2.48 bits per heavy atom. The zero-order valence-electron chi connectivity index (χ0n) is 12.0. The second kappa shape index (κ2) is 6.55. The molecule has 2 aromatic rings. The molecule has 1 aliphatic rings. The molecule has 1 saturated heterocycles. The summed E-state index contributed by atoms with van der Waals surface area (Å²) in [6.45, 7) is 2.18. The summed E-state index contributed by atoms with van der Waals surface area (Å²) in [5.41, 5.74) is 2.87. The van der Waals surface area contributed by atoms with E-state index in [9.17, 15) is 4.79 Å². The van der Waals surface area contributed by atoms with Crippen molar-refractivity contribution in [3.8, 4) is 0 Å². The van der Waals surface area contributed by atoms with Crippen LogP contribution < -0.4 is 10.6 Å². The number of carbonyl (C=O) groups excluding carboxylic acids is 1. The Morgan fingerprint density at radius 1 is 1.05 bits per heavy atom. The molecule has 21 heavy (non-hydrogen) atoms. The minimum absolute atomic E-state index is 0.0670. The fourth-order valence-electron chi connectivity index (χ4n) is 2.77. The highest BCUT2D eigenvalue weighted by atomic mass is 16.1.